The molecule has 2 aliphatic heterocycles. The molecule has 2 fully saturated rings. The normalized spacial score (nSPS) is 25.6. The molecule has 2 N–H and O–H groups in total. The van der Waals surface area contributed by atoms with Gasteiger partial charge in [-0.2, -0.15) is 4.98 Å². The fourth-order valence-corrected chi connectivity index (χ4v) is 6.39. The van der Waals surface area contributed by atoms with Crippen molar-refractivity contribution in [1.29, 1.82) is 0 Å². The Kier molecular flexibility index (Phi) is 5.56. The molecule has 3 unspecified atom stereocenters. The van der Waals surface area contributed by atoms with Crippen LogP contribution < -0.4 is 5.56 Å². The summed E-state index contributed by atoms with van der Waals surface area (Å²) in [5.41, 5.74) is 2.37. The Morgan fingerprint density at radius 3 is 2.68 bits per heavy atom. The van der Waals surface area contributed by atoms with Crippen LogP contribution in [-0.2, 0) is 25.6 Å². The van der Waals surface area contributed by atoms with Crippen LogP contribution in [0.5, 0.6) is 0 Å². The molecule has 5 atom stereocenters. The van der Waals surface area contributed by atoms with Gasteiger partial charge in [-0.05, 0) is 41.6 Å². The number of imidazole rings is 2. The predicted molar refractivity (Wildman–Crippen MR) is 141 cm³/mol. The Morgan fingerprint density at radius 1 is 1.11 bits per heavy atom. The van der Waals surface area contributed by atoms with Crippen molar-refractivity contribution in [2.45, 2.75) is 24.5 Å². The Balaban J connectivity index is 1.45. The van der Waals surface area contributed by atoms with Gasteiger partial charge < -0.3 is 23.9 Å². The molecular weight excluding hydrogens is 537 g/mol. The van der Waals surface area contributed by atoms with Gasteiger partial charge in [-0.3, -0.25) is 9.36 Å². The SMILES string of the molecule is O=c1c2nc(-c3ccc(Cl)cc3)n([C@@H]3OC4CO[PH](=S)O[C@H]4C3O)c2nc2[nH]c(-c3ccccc3)cn12. The number of aliphatic hydroxyl groups is 1. The Hall–Kier alpha value is -2.89. The molecule has 5 aromatic rings. The molecule has 0 bridgehead atoms. The number of H-pyrrole nitrogens is 1. The summed E-state index contributed by atoms with van der Waals surface area (Å²) in [6.07, 6.45) is -1.49. The molecule has 0 amide bonds. The first-order valence-corrected chi connectivity index (χ1v) is 14.3. The minimum absolute atomic E-state index is 0.136. The van der Waals surface area contributed by atoms with E-state index in [1.165, 1.54) is 4.40 Å². The molecule has 2 aromatic carbocycles. The summed E-state index contributed by atoms with van der Waals surface area (Å²) in [7, 11) is -1.91. The molecular formula is C24H19ClN5O5PS. The largest absolute Gasteiger partial charge is 0.386 e. The average molecular weight is 556 g/mol. The smallest absolute Gasteiger partial charge is 0.287 e. The van der Waals surface area contributed by atoms with Gasteiger partial charge in [-0.25, -0.2) is 9.38 Å². The second-order valence-corrected chi connectivity index (χ2v) is 11.3. The van der Waals surface area contributed by atoms with E-state index in [9.17, 15) is 9.90 Å². The summed E-state index contributed by atoms with van der Waals surface area (Å²) < 4.78 is 20.5. The predicted octanol–water partition coefficient (Wildman–Crippen LogP) is 3.54. The zero-order valence-electron chi connectivity index (χ0n) is 18.9. The van der Waals surface area contributed by atoms with E-state index in [1.54, 1.807) is 35.0 Å². The third kappa shape index (κ3) is 3.78. The van der Waals surface area contributed by atoms with E-state index in [0.29, 0.717) is 22.2 Å². The second-order valence-electron chi connectivity index (χ2n) is 8.83. The van der Waals surface area contributed by atoms with E-state index in [1.807, 2.05) is 30.3 Å². The molecule has 0 spiro atoms. The van der Waals surface area contributed by atoms with Gasteiger partial charge in [0.25, 0.3) is 5.56 Å². The summed E-state index contributed by atoms with van der Waals surface area (Å²) in [6.45, 7) is 0.219. The number of hydrogen-bond donors (Lipinski definition) is 2. The van der Waals surface area contributed by atoms with Gasteiger partial charge in [-0.1, -0.05) is 41.9 Å². The molecule has 10 nitrogen and oxygen atoms in total. The topological polar surface area (TPSA) is 116 Å². The standard InChI is InChI=1S/C24H19ClN5O5PS/c25-14-8-6-13(7-9-14)20-27-17-21(30(20)23-18(31)19-16(34-23)11-33-36(37)35-19)28-24-26-15(10-29(24)22(17)32)12-4-2-1-3-5-12/h1-10,16,18-19,23,31,36H,11H2,(H,26,28)/t16?,18?,19-,23-/m1/s1. The van der Waals surface area contributed by atoms with Crippen LogP contribution in [0.15, 0.2) is 65.6 Å². The van der Waals surface area contributed by atoms with Crippen molar-refractivity contribution in [2.75, 3.05) is 6.61 Å². The first kappa shape index (κ1) is 23.2. The van der Waals surface area contributed by atoms with Crippen molar-refractivity contribution >= 4 is 47.5 Å². The van der Waals surface area contributed by atoms with Crippen molar-refractivity contribution in [3.8, 4) is 22.6 Å². The zero-order valence-corrected chi connectivity index (χ0v) is 21.5. The maximum Gasteiger partial charge on any atom is 0.287 e. The van der Waals surface area contributed by atoms with E-state index in [0.717, 1.165) is 11.3 Å². The van der Waals surface area contributed by atoms with Crippen molar-refractivity contribution in [2.24, 2.45) is 0 Å². The van der Waals surface area contributed by atoms with Gasteiger partial charge in [0.1, 0.15) is 24.1 Å². The highest BCUT2D eigenvalue weighted by atomic mass is 35.5. The van der Waals surface area contributed by atoms with E-state index in [-0.39, 0.29) is 23.3 Å². The van der Waals surface area contributed by atoms with Crippen molar-refractivity contribution in [1.82, 2.24) is 23.9 Å². The molecule has 7 rings (SSSR count). The molecule has 13 heteroatoms. The van der Waals surface area contributed by atoms with Gasteiger partial charge in [-0.15, -0.1) is 0 Å². The number of nitrogens with zero attached hydrogens (tertiary/aromatic N) is 4. The number of hydrogen-bond acceptors (Lipinski definition) is 8. The zero-order chi connectivity index (χ0) is 25.3. The highest BCUT2D eigenvalue weighted by molar-refractivity contribution is 8.00. The third-order valence-corrected chi connectivity index (χ3v) is 8.36. The minimum atomic E-state index is -1.91. The lowest BCUT2D eigenvalue weighted by atomic mass is 10.1. The quantitative estimate of drug-likeness (QED) is 0.325. The number of nitrogens with one attached hydrogen (secondary N) is 1. The summed E-state index contributed by atoms with van der Waals surface area (Å²) in [4.78, 5) is 26.3. The van der Waals surface area contributed by atoms with Crippen LogP contribution in [0.4, 0.5) is 0 Å². The molecule has 37 heavy (non-hydrogen) atoms. The Labute approximate surface area is 220 Å². The first-order valence-electron chi connectivity index (χ1n) is 11.5. The fraction of sp³-hybridized carbons (Fsp3) is 0.208. The number of benzene rings is 2. The molecule has 3 aromatic heterocycles. The van der Waals surface area contributed by atoms with Crippen LogP contribution >= 0.6 is 18.8 Å². The highest BCUT2D eigenvalue weighted by Gasteiger charge is 2.49. The molecule has 0 aliphatic carbocycles. The summed E-state index contributed by atoms with van der Waals surface area (Å²) in [5, 5.41) is 11.8. The van der Waals surface area contributed by atoms with Gasteiger partial charge in [0.15, 0.2) is 24.5 Å². The summed E-state index contributed by atoms with van der Waals surface area (Å²) in [5.74, 6) is 0.737. The van der Waals surface area contributed by atoms with Crippen LogP contribution in [0.25, 0.3) is 39.6 Å². The van der Waals surface area contributed by atoms with Crippen LogP contribution in [0, 0.1) is 0 Å². The first-order chi connectivity index (χ1) is 18.0. The van der Waals surface area contributed by atoms with Gasteiger partial charge >= 0.3 is 0 Å². The number of rotatable bonds is 3. The number of aromatic nitrogens is 5. The van der Waals surface area contributed by atoms with Gasteiger partial charge in [0.2, 0.25) is 5.78 Å². The lowest BCUT2D eigenvalue weighted by Gasteiger charge is -2.26. The Bertz CT molecular complexity index is 1740. The van der Waals surface area contributed by atoms with Crippen molar-refractivity contribution < 1.29 is 18.9 Å². The monoisotopic (exact) mass is 555 g/mol. The van der Waals surface area contributed by atoms with Crippen LogP contribution in [-0.4, -0.2) is 53.9 Å². The summed E-state index contributed by atoms with van der Waals surface area (Å²) >= 11 is 11.3. The second kappa shape index (κ2) is 8.85. The van der Waals surface area contributed by atoms with E-state index >= 15 is 0 Å². The molecule has 0 saturated carbocycles. The van der Waals surface area contributed by atoms with Crippen LogP contribution in [0.1, 0.15) is 6.23 Å². The molecule has 0 radical (unpaired) electrons. The molecule has 2 saturated heterocycles. The number of aliphatic hydroxyl groups excluding tert-OH is 1. The number of aromatic amines is 1. The van der Waals surface area contributed by atoms with E-state index in [4.69, 9.17) is 42.2 Å². The molecule has 5 heterocycles. The summed E-state index contributed by atoms with van der Waals surface area (Å²) in [6, 6.07) is 16.7. The number of halogens is 1. The minimum Gasteiger partial charge on any atom is -0.386 e. The van der Waals surface area contributed by atoms with Crippen molar-refractivity contribution in [3.63, 3.8) is 0 Å². The fourth-order valence-electron chi connectivity index (χ4n) is 4.84. The molecule has 188 valence electrons. The van der Waals surface area contributed by atoms with Gasteiger partial charge in [0.05, 0.1) is 12.3 Å². The van der Waals surface area contributed by atoms with E-state index in [2.05, 4.69) is 9.97 Å². The highest BCUT2D eigenvalue weighted by Crippen LogP contribution is 2.44. The van der Waals surface area contributed by atoms with Crippen LogP contribution in [0.2, 0.25) is 5.02 Å². The molecule has 2 aliphatic rings. The third-order valence-electron chi connectivity index (χ3n) is 6.60. The van der Waals surface area contributed by atoms with Crippen LogP contribution in [0.3, 0.4) is 0 Å². The lowest BCUT2D eigenvalue weighted by Crippen LogP contribution is -2.37. The van der Waals surface area contributed by atoms with E-state index < -0.39 is 31.7 Å². The number of fused-ring (bicyclic) bond motifs is 3. The lowest BCUT2D eigenvalue weighted by molar-refractivity contribution is -0.0515. The maximum atomic E-state index is 13.6. The number of ether oxygens (including phenoxy) is 1. The average Bonchev–Trinajstić information content (AvgIpc) is 3.59. The van der Waals surface area contributed by atoms with Gasteiger partial charge in [0, 0.05) is 16.8 Å². The maximum absolute atomic E-state index is 13.6. The Morgan fingerprint density at radius 2 is 1.89 bits per heavy atom. The van der Waals surface area contributed by atoms with Crippen molar-refractivity contribution in [3.05, 3.63) is 76.2 Å².